The highest BCUT2D eigenvalue weighted by molar-refractivity contribution is 5.29. The molecule has 1 fully saturated rings. The molecule has 1 N–H and O–H groups in total. The van der Waals surface area contributed by atoms with Crippen LogP contribution in [0.2, 0.25) is 0 Å². The van der Waals surface area contributed by atoms with Crippen molar-refractivity contribution >= 4 is 0 Å². The van der Waals surface area contributed by atoms with Crippen LogP contribution in [0.5, 0.6) is 5.75 Å². The van der Waals surface area contributed by atoms with E-state index in [2.05, 4.69) is 16.8 Å². The SMILES string of the molecule is Cc1cc(=O)c(O)c(CN2CCN(C)CC2)n1C. The molecule has 2 rings (SSSR count). The maximum absolute atomic E-state index is 11.6. The Morgan fingerprint density at radius 2 is 1.83 bits per heavy atom. The second-order valence-electron chi connectivity index (χ2n) is 5.08. The topological polar surface area (TPSA) is 48.7 Å². The van der Waals surface area contributed by atoms with Crippen LogP contribution in [0.4, 0.5) is 0 Å². The number of hydrogen-bond donors (Lipinski definition) is 1. The molecule has 0 aliphatic carbocycles. The van der Waals surface area contributed by atoms with E-state index in [1.807, 2.05) is 18.5 Å². The van der Waals surface area contributed by atoms with Gasteiger partial charge in [0.2, 0.25) is 5.43 Å². The Bertz CT molecular complexity index is 488. The van der Waals surface area contributed by atoms with Gasteiger partial charge in [0, 0.05) is 51.5 Å². The molecule has 0 bridgehead atoms. The summed E-state index contributed by atoms with van der Waals surface area (Å²) in [5.74, 6) is -0.109. The molecule has 1 aromatic heterocycles. The van der Waals surface area contributed by atoms with Gasteiger partial charge in [-0.15, -0.1) is 0 Å². The first-order chi connectivity index (χ1) is 8.49. The van der Waals surface area contributed by atoms with Gasteiger partial charge >= 0.3 is 0 Å². The largest absolute Gasteiger partial charge is 0.503 e. The number of nitrogens with zero attached hydrogens (tertiary/aromatic N) is 3. The minimum absolute atomic E-state index is 0.109. The van der Waals surface area contributed by atoms with Crippen molar-refractivity contribution in [3.63, 3.8) is 0 Å². The number of piperazine rings is 1. The Labute approximate surface area is 107 Å². The molecule has 0 aromatic carbocycles. The Morgan fingerprint density at radius 1 is 1.22 bits per heavy atom. The van der Waals surface area contributed by atoms with E-state index in [1.54, 1.807) is 0 Å². The second kappa shape index (κ2) is 5.12. The van der Waals surface area contributed by atoms with Gasteiger partial charge in [0.25, 0.3) is 0 Å². The summed E-state index contributed by atoms with van der Waals surface area (Å²) in [7, 11) is 4.00. The molecule has 100 valence electrons. The Balaban J connectivity index is 2.21. The molecular weight excluding hydrogens is 230 g/mol. The molecule has 0 atom stereocenters. The van der Waals surface area contributed by atoms with Crippen LogP contribution in [-0.2, 0) is 13.6 Å². The standard InChI is InChI=1S/C13H21N3O2/c1-10-8-12(17)13(18)11(15(10)3)9-16-6-4-14(2)5-7-16/h8,18H,4-7,9H2,1-3H3. The molecule has 1 saturated heterocycles. The van der Waals surface area contributed by atoms with Crippen molar-refractivity contribution in [2.75, 3.05) is 33.2 Å². The molecule has 2 heterocycles. The summed E-state index contributed by atoms with van der Waals surface area (Å²) < 4.78 is 1.90. The van der Waals surface area contributed by atoms with Gasteiger partial charge in [-0.1, -0.05) is 0 Å². The van der Waals surface area contributed by atoms with E-state index in [-0.39, 0.29) is 11.2 Å². The Morgan fingerprint density at radius 3 is 2.44 bits per heavy atom. The van der Waals surface area contributed by atoms with Gasteiger partial charge in [-0.25, -0.2) is 0 Å². The summed E-state index contributed by atoms with van der Waals surface area (Å²) in [5.41, 5.74) is 1.31. The fourth-order valence-corrected chi connectivity index (χ4v) is 2.27. The van der Waals surface area contributed by atoms with Crippen molar-refractivity contribution in [2.24, 2.45) is 7.05 Å². The third-order valence-corrected chi connectivity index (χ3v) is 3.75. The molecule has 5 nitrogen and oxygen atoms in total. The van der Waals surface area contributed by atoms with Crippen LogP contribution in [0.1, 0.15) is 11.4 Å². The maximum Gasteiger partial charge on any atom is 0.223 e. The van der Waals surface area contributed by atoms with E-state index in [9.17, 15) is 9.90 Å². The summed E-state index contributed by atoms with van der Waals surface area (Å²) in [6, 6.07) is 1.48. The van der Waals surface area contributed by atoms with Crippen LogP contribution in [0, 0.1) is 6.92 Å². The summed E-state index contributed by atoms with van der Waals surface area (Å²) in [6.45, 7) is 6.51. The number of aromatic nitrogens is 1. The zero-order valence-electron chi connectivity index (χ0n) is 11.3. The average molecular weight is 251 g/mol. The number of pyridine rings is 1. The third kappa shape index (κ3) is 2.57. The van der Waals surface area contributed by atoms with E-state index in [1.165, 1.54) is 6.07 Å². The molecule has 0 radical (unpaired) electrons. The van der Waals surface area contributed by atoms with Crippen LogP contribution in [-0.4, -0.2) is 52.7 Å². The lowest BCUT2D eigenvalue weighted by Gasteiger charge is -2.32. The molecular formula is C13H21N3O2. The first-order valence-electron chi connectivity index (χ1n) is 6.28. The van der Waals surface area contributed by atoms with Crippen molar-refractivity contribution in [1.82, 2.24) is 14.4 Å². The highest BCUT2D eigenvalue weighted by Crippen LogP contribution is 2.16. The van der Waals surface area contributed by atoms with Gasteiger partial charge in [-0.05, 0) is 14.0 Å². The van der Waals surface area contributed by atoms with E-state index >= 15 is 0 Å². The predicted molar refractivity (Wildman–Crippen MR) is 70.9 cm³/mol. The van der Waals surface area contributed by atoms with Gasteiger partial charge in [0.05, 0.1) is 5.69 Å². The number of hydrogen-bond acceptors (Lipinski definition) is 4. The quantitative estimate of drug-likeness (QED) is 0.812. The normalized spacial score (nSPS) is 18.2. The maximum atomic E-state index is 11.6. The molecule has 1 aliphatic heterocycles. The van der Waals surface area contributed by atoms with Gasteiger partial charge < -0.3 is 14.6 Å². The van der Waals surface area contributed by atoms with E-state index in [0.717, 1.165) is 31.9 Å². The van der Waals surface area contributed by atoms with Gasteiger partial charge in [0.1, 0.15) is 0 Å². The van der Waals surface area contributed by atoms with Gasteiger partial charge in [-0.2, -0.15) is 0 Å². The fourth-order valence-electron chi connectivity index (χ4n) is 2.27. The zero-order valence-corrected chi connectivity index (χ0v) is 11.3. The molecule has 0 saturated carbocycles. The molecule has 1 aliphatic rings. The Kier molecular flexibility index (Phi) is 3.73. The minimum atomic E-state index is -0.283. The smallest absolute Gasteiger partial charge is 0.223 e. The van der Waals surface area contributed by atoms with Gasteiger partial charge in [-0.3, -0.25) is 9.69 Å². The molecule has 0 spiro atoms. The predicted octanol–water partition coefficient (Wildman–Crippen LogP) is 0.147. The van der Waals surface area contributed by atoms with Crippen molar-refractivity contribution in [2.45, 2.75) is 13.5 Å². The second-order valence-corrected chi connectivity index (χ2v) is 5.08. The van der Waals surface area contributed by atoms with Crippen LogP contribution in [0.25, 0.3) is 0 Å². The van der Waals surface area contributed by atoms with Crippen molar-refractivity contribution in [3.05, 3.63) is 27.7 Å². The average Bonchev–Trinajstić information content (AvgIpc) is 2.34. The number of likely N-dealkylation sites (N-methyl/N-ethyl adjacent to an activating group) is 1. The third-order valence-electron chi connectivity index (χ3n) is 3.75. The number of aryl methyl sites for hydroxylation is 1. The van der Waals surface area contributed by atoms with Crippen LogP contribution in [0.15, 0.2) is 10.9 Å². The summed E-state index contributed by atoms with van der Waals surface area (Å²) >= 11 is 0. The highest BCUT2D eigenvalue weighted by Gasteiger charge is 2.18. The summed E-state index contributed by atoms with van der Waals surface area (Å²) in [4.78, 5) is 16.2. The van der Waals surface area contributed by atoms with Crippen molar-refractivity contribution in [1.29, 1.82) is 0 Å². The fraction of sp³-hybridized carbons (Fsp3) is 0.615. The number of aromatic hydroxyl groups is 1. The summed E-state index contributed by atoms with van der Waals surface area (Å²) in [5, 5.41) is 9.92. The van der Waals surface area contributed by atoms with E-state index in [4.69, 9.17) is 0 Å². The van der Waals surface area contributed by atoms with Crippen LogP contribution in [0.3, 0.4) is 0 Å². The molecule has 1 aromatic rings. The molecule has 5 heteroatoms. The van der Waals surface area contributed by atoms with Crippen LogP contribution < -0.4 is 5.43 Å². The summed E-state index contributed by atoms with van der Waals surface area (Å²) in [6.07, 6.45) is 0. The first kappa shape index (κ1) is 13.1. The Hall–Kier alpha value is -1.33. The molecule has 18 heavy (non-hydrogen) atoms. The van der Waals surface area contributed by atoms with E-state index < -0.39 is 0 Å². The van der Waals surface area contributed by atoms with Crippen LogP contribution >= 0.6 is 0 Å². The lowest BCUT2D eigenvalue weighted by Crippen LogP contribution is -2.44. The van der Waals surface area contributed by atoms with Gasteiger partial charge in [0.15, 0.2) is 5.75 Å². The van der Waals surface area contributed by atoms with Crippen molar-refractivity contribution in [3.8, 4) is 5.75 Å². The highest BCUT2D eigenvalue weighted by atomic mass is 16.3. The lowest BCUT2D eigenvalue weighted by molar-refractivity contribution is 0.144. The first-order valence-corrected chi connectivity index (χ1v) is 6.28. The minimum Gasteiger partial charge on any atom is -0.503 e. The monoisotopic (exact) mass is 251 g/mol. The lowest BCUT2D eigenvalue weighted by atomic mass is 10.2. The van der Waals surface area contributed by atoms with E-state index in [0.29, 0.717) is 12.2 Å². The zero-order chi connectivity index (χ0) is 13.3. The molecule has 0 amide bonds. The number of rotatable bonds is 2. The molecule has 0 unspecified atom stereocenters. The van der Waals surface area contributed by atoms with Crippen molar-refractivity contribution < 1.29 is 5.11 Å².